The van der Waals surface area contributed by atoms with Crippen molar-refractivity contribution >= 4 is 30.0 Å². The molecule has 0 saturated heterocycles. The van der Waals surface area contributed by atoms with Crippen LogP contribution in [0.25, 0.3) is 5.69 Å². The molecule has 0 fully saturated rings. The number of nitrogens with zero attached hydrogens (tertiary/aromatic N) is 5. The first-order chi connectivity index (χ1) is 20.5. The number of hydrogen-bond acceptors (Lipinski definition) is 8. The van der Waals surface area contributed by atoms with Gasteiger partial charge in [0.25, 0.3) is 0 Å². The van der Waals surface area contributed by atoms with Crippen LogP contribution in [0.5, 0.6) is 0 Å². The summed E-state index contributed by atoms with van der Waals surface area (Å²) in [5.74, 6) is -3.18. The Morgan fingerprint density at radius 3 is 2.30 bits per heavy atom. The number of carboxylic acid groups (broad SMARTS) is 3. The molecule has 17 heteroatoms. The van der Waals surface area contributed by atoms with Gasteiger partial charge >= 0.3 is 24.1 Å². The van der Waals surface area contributed by atoms with Gasteiger partial charge in [-0.2, -0.15) is 5.06 Å². The molecule has 1 heterocycles. The maximum Gasteiger partial charge on any atom is 0.426 e. The number of hydrogen-bond donors (Lipinski definition) is 6. The second-order valence-electron chi connectivity index (χ2n) is 9.51. The van der Waals surface area contributed by atoms with Crippen molar-refractivity contribution in [2.75, 3.05) is 19.8 Å². The number of amides is 4. The quantitative estimate of drug-likeness (QED) is 0.0813. The van der Waals surface area contributed by atoms with E-state index in [0.29, 0.717) is 42.8 Å². The van der Waals surface area contributed by atoms with E-state index in [1.807, 2.05) is 29.7 Å². The molecule has 0 radical (unpaired) electrons. The molecule has 2 aromatic rings. The van der Waals surface area contributed by atoms with Crippen molar-refractivity contribution in [3.8, 4) is 5.69 Å². The van der Waals surface area contributed by atoms with E-state index >= 15 is 0 Å². The Kier molecular flexibility index (Phi) is 14.3. The molecule has 0 aliphatic rings. The van der Waals surface area contributed by atoms with Crippen molar-refractivity contribution in [2.24, 2.45) is 0 Å². The van der Waals surface area contributed by atoms with Gasteiger partial charge in [-0.3, -0.25) is 19.2 Å². The molecule has 0 unspecified atom stereocenters. The van der Waals surface area contributed by atoms with Gasteiger partial charge < -0.3 is 20.6 Å². The van der Waals surface area contributed by atoms with Crippen LogP contribution in [0.2, 0.25) is 0 Å². The molecule has 6 N–H and O–H groups in total. The minimum Gasteiger partial charge on any atom is -0.481 e. The van der Waals surface area contributed by atoms with E-state index in [2.05, 4.69) is 15.6 Å². The van der Waals surface area contributed by atoms with Crippen LogP contribution in [0.3, 0.4) is 0 Å². The highest BCUT2D eigenvalue weighted by Crippen LogP contribution is 2.12. The molecule has 16 nitrogen and oxygen atoms in total. The number of carbonyl (C=O) groups excluding carboxylic acids is 2. The van der Waals surface area contributed by atoms with Crippen LogP contribution < -0.4 is 10.7 Å². The Morgan fingerprint density at radius 1 is 0.953 bits per heavy atom. The number of benzene rings is 1. The lowest BCUT2D eigenvalue weighted by atomic mass is 10.1. The van der Waals surface area contributed by atoms with Crippen molar-refractivity contribution < 1.29 is 48.9 Å². The summed E-state index contributed by atoms with van der Waals surface area (Å²) in [5, 5.41) is 48.0. The maximum absolute atomic E-state index is 12.3. The number of hydroxylamine groups is 2. The Balaban J connectivity index is 1.67. The molecule has 0 bridgehead atoms. The topological polar surface area (TPSA) is 228 Å². The van der Waals surface area contributed by atoms with E-state index in [4.69, 9.17) is 10.2 Å². The SMILES string of the molecule is O=C(O)CC[C@@H](C(=O)O)N(O)C(=O)NN(CCCCNC(=O)CCCc1ccc(-n2cc(CCCF)nn2)cc1)C(=O)O. The Bertz CT molecular complexity index is 1230. The van der Waals surface area contributed by atoms with Crippen molar-refractivity contribution in [3.63, 3.8) is 0 Å². The predicted molar refractivity (Wildman–Crippen MR) is 146 cm³/mol. The van der Waals surface area contributed by atoms with E-state index in [9.17, 15) is 38.7 Å². The number of aliphatic carboxylic acids is 2. The molecule has 0 aliphatic carbocycles. The van der Waals surface area contributed by atoms with E-state index < -0.39 is 49.6 Å². The molecular formula is C26H36FN7O9. The van der Waals surface area contributed by atoms with Crippen molar-refractivity contribution in [1.82, 2.24) is 35.8 Å². The lowest BCUT2D eigenvalue weighted by molar-refractivity contribution is -0.158. The van der Waals surface area contributed by atoms with Crippen molar-refractivity contribution in [3.05, 3.63) is 41.7 Å². The van der Waals surface area contributed by atoms with Gasteiger partial charge in [-0.1, -0.05) is 17.3 Å². The van der Waals surface area contributed by atoms with E-state index in [1.54, 1.807) is 10.9 Å². The number of carboxylic acids is 2. The monoisotopic (exact) mass is 609 g/mol. The van der Waals surface area contributed by atoms with Crippen LogP contribution in [0, 0.1) is 0 Å². The molecular weight excluding hydrogens is 573 g/mol. The highest BCUT2D eigenvalue weighted by Gasteiger charge is 2.31. The van der Waals surface area contributed by atoms with Crippen LogP contribution in [-0.4, -0.2) is 101 Å². The summed E-state index contributed by atoms with van der Waals surface area (Å²) in [6, 6.07) is 4.27. The molecule has 1 atom stereocenters. The minimum absolute atomic E-state index is 0.180. The Hall–Kier alpha value is -4.80. The van der Waals surface area contributed by atoms with E-state index in [0.717, 1.165) is 11.3 Å². The largest absolute Gasteiger partial charge is 0.481 e. The van der Waals surface area contributed by atoms with E-state index in [-0.39, 0.29) is 36.9 Å². The number of aryl methyl sites for hydroxylation is 2. The number of halogens is 1. The van der Waals surface area contributed by atoms with Gasteiger partial charge in [0.05, 0.1) is 24.3 Å². The number of alkyl halides is 1. The second-order valence-corrected chi connectivity index (χ2v) is 9.51. The van der Waals surface area contributed by atoms with E-state index in [1.165, 1.54) is 0 Å². The van der Waals surface area contributed by atoms with Crippen LogP contribution >= 0.6 is 0 Å². The lowest BCUT2D eigenvalue weighted by Gasteiger charge is -2.26. The summed E-state index contributed by atoms with van der Waals surface area (Å²) in [4.78, 5) is 57.6. The predicted octanol–water partition coefficient (Wildman–Crippen LogP) is 2.00. The van der Waals surface area contributed by atoms with Gasteiger partial charge in [0.15, 0.2) is 6.04 Å². The highest BCUT2D eigenvalue weighted by atomic mass is 19.1. The number of aromatic nitrogens is 3. The normalized spacial score (nSPS) is 11.4. The minimum atomic E-state index is -1.89. The zero-order chi connectivity index (χ0) is 31.8. The number of urea groups is 1. The van der Waals surface area contributed by atoms with Crippen molar-refractivity contribution in [2.45, 2.75) is 63.8 Å². The number of hydrazine groups is 1. The van der Waals surface area contributed by atoms with Gasteiger partial charge in [-0.25, -0.2) is 29.5 Å². The first-order valence-electron chi connectivity index (χ1n) is 13.6. The highest BCUT2D eigenvalue weighted by molar-refractivity contribution is 5.83. The van der Waals surface area contributed by atoms with Gasteiger partial charge in [0, 0.05) is 25.9 Å². The third-order valence-electron chi connectivity index (χ3n) is 6.19. The smallest absolute Gasteiger partial charge is 0.426 e. The fourth-order valence-electron chi connectivity index (χ4n) is 3.88. The van der Waals surface area contributed by atoms with Gasteiger partial charge in [0.2, 0.25) is 5.91 Å². The standard InChI is InChI=1S/C26H36FN7O9/c27-14-4-6-19-17-33(31-29-19)20-10-8-18(9-11-20)5-3-7-22(35)28-15-1-2-16-32(26(41)42)30-25(40)34(43)21(24(38)39)12-13-23(36)37/h8-11,17,21,43H,1-7,12-16H2,(H,28,35)(H,30,40)(H,36,37)(H,38,39)(H,41,42)/t21-/m0/s1. The zero-order valence-electron chi connectivity index (χ0n) is 23.4. The van der Waals surface area contributed by atoms with Gasteiger partial charge in [0.1, 0.15) is 0 Å². The number of rotatable bonds is 18. The molecule has 43 heavy (non-hydrogen) atoms. The summed E-state index contributed by atoms with van der Waals surface area (Å²) < 4.78 is 13.9. The van der Waals surface area contributed by atoms with Crippen LogP contribution in [0.15, 0.2) is 30.5 Å². The zero-order valence-corrected chi connectivity index (χ0v) is 23.4. The average Bonchev–Trinajstić information content (AvgIpc) is 3.44. The summed E-state index contributed by atoms with van der Waals surface area (Å²) in [6.45, 7) is -0.374. The first kappa shape index (κ1) is 34.4. The summed E-state index contributed by atoms with van der Waals surface area (Å²) in [5.41, 5.74) is 4.42. The third kappa shape index (κ3) is 12.3. The van der Waals surface area contributed by atoms with Gasteiger partial charge in [-0.05, 0) is 62.6 Å². The Labute approximate surface area is 246 Å². The average molecular weight is 610 g/mol. The molecule has 1 aromatic heterocycles. The van der Waals surface area contributed by atoms with Crippen LogP contribution in [-0.2, 0) is 27.2 Å². The lowest BCUT2D eigenvalue weighted by Crippen LogP contribution is -2.54. The number of carbonyl (C=O) groups is 5. The third-order valence-corrected chi connectivity index (χ3v) is 6.19. The van der Waals surface area contributed by atoms with Gasteiger partial charge in [-0.15, -0.1) is 5.10 Å². The Morgan fingerprint density at radius 2 is 1.67 bits per heavy atom. The molecule has 236 valence electrons. The van der Waals surface area contributed by atoms with Crippen LogP contribution in [0.1, 0.15) is 56.2 Å². The molecule has 0 saturated carbocycles. The number of unbranched alkanes of at least 4 members (excludes halogenated alkanes) is 1. The van der Waals surface area contributed by atoms with Crippen LogP contribution in [0.4, 0.5) is 14.0 Å². The fourth-order valence-corrected chi connectivity index (χ4v) is 3.88. The molecule has 1 aromatic carbocycles. The molecule has 0 spiro atoms. The summed E-state index contributed by atoms with van der Waals surface area (Å²) in [7, 11) is 0. The summed E-state index contributed by atoms with van der Waals surface area (Å²) in [6.07, 6.45) is 2.00. The fraction of sp³-hybridized carbons (Fsp3) is 0.500. The maximum atomic E-state index is 12.3. The first-order valence-corrected chi connectivity index (χ1v) is 13.6. The molecule has 4 amide bonds. The molecule has 0 aliphatic heterocycles. The van der Waals surface area contributed by atoms with Crippen molar-refractivity contribution in [1.29, 1.82) is 0 Å². The number of nitrogens with one attached hydrogen (secondary N) is 2. The second kappa shape index (κ2) is 17.9. The summed E-state index contributed by atoms with van der Waals surface area (Å²) >= 11 is 0. The molecule has 2 rings (SSSR count).